The second-order valence-electron chi connectivity index (χ2n) is 8.15. The number of hydrogen-bond acceptors (Lipinski definition) is 3. The summed E-state index contributed by atoms with van der Waals surface area (Å²) < 4.78 is 5.76. The summed E-state index contributed by atoms with van der Waals surface area (Å²) in [5.74, 6) is 0.262. The van der Waals surface area contributed by atoms with Crippen LogP contribution in [0.4, 0.5) is 0 Å². The minimum absolute atomic E-state index is 0.0681. The van der Waals surface area contributed by atoms with Gasteiger partial charge in [0.25, 0.3) is 5.91 Å². The van der Waals surface area contributed by atoms with E-state index in [9.17, 15) is 9.59 Å². The molecule has 0 bridgehead atoms. The van der Waals surface area contributed by atoms with Gasteiger partial charge in [-0.15, -0.1) is 0 Å². The molecule has 2 amide bonds. The maximum absolute atomic E-state index is 12.9. The highest BCUT2D eigenvalue weighted by Crippen LogP contribution is 2.23. The minimum Gasteiger partial charge on any atom is -0.491 e. The first kappa shape index (κ1) is 24.3. The van der Waals surface area contributed by atoms with Crippen LogP contribution in [0, 0.1) is 0 Å². The SMILES string of the molecule is CC(C)Oc1cccc(C(C)NC(=O)CC(NC(=O)c2ccccc2Cl)c2ccccc2)c1. The van der Waals surface area contributed by atoms with E-state index in [0.717, 1.165) is 16.9 Å². The zero-order valence-electron chi connectivity index (χ0n) is 19.0. The first-order valence-corrected chi connectivity index (χ1v) is 11.4. The number of halogens is 1. The predicted octanol–water partition coefficient (Wildman–Crippen LogP) is 5.87. The first-order chi connectivity index (χ1) is 15.8. The third-order valence-electron chi connectivity index (χ3n) is 5.12. The fraction of sp³-hybridized carbons (Fsp3) is 0.259. The van der Waals surface area contributed by atoms with Gasteiger partial charge < -0.3 is 15.4 Å². The second kappa shape index (κ2) is 11.5. The molecule has 0 saturated carbocycles. The van der Waals surface area contributed by atoms with Crippen LogP contribution in [-0.2, 0) is 4.79 Å². The highest BCUT2D eigenvalue weighted by atomic mass is 35.5. The van der Waals surface area contributed by atoms with Crippen LogP contribution < -0.4 is 15.4 Å². The van der Waals surface area contributed by atoms with Crippen molar-refractivity contribution in [3.05, 3.63) is 101 Å². The van der Waals surface area contributed by atoms with Crippen molar-refractivity contribution in [3.63, 3.8) is 0 Å². The van der Waals surface area contributed by atoms with Crippen molar-refractivity contribution < 1.29 is 14.3 Å². The Hall–Kier alpha value is -3.31. The van der Waals surface area contributed by atoms with Crippen LogP contribution in [0.2, 0.25) is 5.02 Å². The van der Waals surface area contributed by atoms with Gasteiger partial charge in [0.05, 0.1) is 35.2 Å². The zero-order valence-corrected chi connectivity index (χ0v) is 19.8. The van der Waals surface area contributed by atoms with E-state index >= 15 is 0 Å². The van der Waals surface area contributed by atoms with Crippen molar-refractivity contribution in [1.29, 1.82) is 0 Å². The molecule has 0 saturated heterocycles. The van der Waals surface area contributed by atoms with Gasteiger partial charge in [0.15, 0.2) is 0 Å². The van der Waals surface area contributed by atoms with Gasteiger partial charge in [-0.05, 0) is 56.2 Å². The lowest BCUT2D eigenvalue weighted by molar-refractivity contribution is -0.122. The molecule has 33 heavy (non-hydrogen) atoms. The summed E-state index contributed by atoms with van der Waals surface area (Å²) in [7, 11) is 0. The average Bonchev–Trinajstić information content (AvgIpc) is 2.79. The summed E-state index contributed by atoms with van der Waals surface area (Å²) in [4.78, 5) is 25.8. The van der Waals surface area contributed by atoms with Crippen molar-refractivity contribution in [1.82, 2.24) is 10.6 Å². The molecule has 0 radical (unpaired) electrons. The largest absolute Gasteiger partial charge is 0.491 e. The lowest BCUT2D eigenvalue weighted by Gasteiger charge is -2.21. The van der Waals surface area contributed by atoms with Crippen molar-refractivity contribution in [2.75, 3.05) is 0 Å². The van der Waals surface area contributed by atoms with Crippen molar-refractivity contribution in [3.8, 4) is 5.75 Å². The highest BCUT2D eigenvalue weighted by Gasteiger charge is 2.21. The molecule has 0 aliphatic rings. The number of hydrogen-bond donors (Lipinski definition) is 2. The van der Waals surface area contributed by atoms with E-state index in [0.29, 0.717) is 10.6 Å². The van der Waals surface area contributed by atoms with Crippen LogP contribution in [0.5, 0.6) is 5.75 Å². The van der Waals surface area contributed by atoms with Gasteiger partial charge in [-0.1, -0.05) is 66.2 Å². The molecular formula is C27H29ClN2O3. The molecule has 0 aromatic heterocycles. The summed E-state index contributed by atoms with van der Waals surface area (Å²) in [5.41, 5.74) is 2.15. The molecule has 0 aliphatic heterocycles. The Balaban J connectivity index is 1.71. The topological polar surface area (TPSA) is 67.4 Å². The second-order valence-corrected chi connectivity index (χ2v) is 8.56. The Kier molecular flexibility index (Phi) is 8.50. The van der Waals surface area contributed by atoms with E-state index < -0.39 is 6.04 Å². The van der Waals surface area contributed by atoms with Gasteiger partial charge in [-0.2, -0.15) is 0 Å². The van der Waals surface area contributed by atoms with E-state index in [-0.39, 0.29) is 30.4 Å². The number of carbonyl (C=O) groups is 2. The molecule has 3 rings (SSSR count). The number of rotatable bonds is 9. The number of benzene rings is 3. The lowest BCUT2D eigenvalue weighted by atomic mass is 10.0. The van der Waals surface area contributed by atoms with Crippen LogP contribution in [0.15, 0.2) is 78.9 Å². The Labute approximate surface area is 200 Å². The Morgan fingerprint density at radius 1 is 0.848 bits per heavy atom. The molecule has 0 aliphatic carbocycles. The van der Waals surface area contributed by atoms with Crippen molar-refractivity contribution in [2.24, 2.45) is 0 Å². The van der Waals surface area contributed by atoms with Crippen molar-refractivity contribution >= 4 is 23.4 Å². The first-order valence-electron chi connectivity index (χ1n) is 11.0. The summed E-state index contributed by atoms with van der Waals surface area (Å²) in [6, 6.07) is 23.2. The quantitative estimate of drug-likeness (QED) is 0.416. The molecule has 2 unspecified atom stereocenters. The molecule has 6 heteroatoms. The number of carbonyl (C=O) groups excluding carboxylic acids is 2. The summed E-state index contributed by atoms with van der Waals surface area (Å²) in [5, 5.41) is 6.35. The van der Waals surface area contributed by atoms with Gasteiger partial charge in [0.2, 0.25) is 5.91 Å². The molecule has 2 N–H and O–H groups in total. The van der Waals surface area contributed by atoms with E-state index in [1.807, 2.05) is 75.4 Å². The third-order valence-corrected chi connectivity index (χ3v) is 5.45. The van der Waals surface area contributed by atoms with Gasteiger partial charge in [0.1, 0.15) is 5.75 Å². The third kappa shape index (κ3) is 7.09. The fourth-order valence-electron chi connectivity index (χ4n) is 3.52. The molecule has 3 aromatic carbocycles. The van der Waals surface area contributed by atoms with E-state index in [1.54, 1.807) is 24.3 Å². The molecule has 2 atom stereocenters. The monoisotopic (exact) mass is 464 g/mol. The number of ether oxygens (including phenoxy) is 1. The molecule has 0 spiro atoms. The Bertz CT molecular complexity index is 1090. The Morgan fingerprint density at radius 2 is 1.52 bits per heavy atom. The van der Waals surface area contributed by atoms with E-state index in [4.69, 9.17) is 16.3 Å². The van der Waals surface area contributed by atoms with Crippen LogP contribution in [0.1, 0.15) is 60.8 Å². The smallest absolute Gasteiger partial charge is 0.253 e. The number of nitrogens with one attached hydrogen (secondary N) is 2. The van der Waals surface area contributed by atoms with E-state index in [2.05, 4.69) is 10.6 Å². The van der Waals surface area contributed by atoms with E-state index in [1.165, 1.54) is 0 Å². The van der Waals surface area contributed by atoms with Gasteiger partial charge in [-0.25, -0.2) is 0 Å². The van der Waals surface area contributed by atoms with Crippen LogP contribution in [0.25, 0.3) is 0 Å². The lowest BCUT2D eigenvalue weighted by Crippen LogP contribution is -2.34. The van der Waals surface area contributed by atoms with Gasteiger partial charge in [0, 0.05) is 0 Å². The number of amides is 2. The fourth-order valence-corrected chi connectivity index (χ4v) is 3.74. The molecule has 3 aromatic rings. The summed E-state index contributed by atoms with van der Waals surface area (Å²) >= 11 is 6.18. The van der Waals surface area contributed by atoms with Crippen LogP contribution >= 0.6 is 11.6 Å². The zero-order chi connectivity index (χ0) is 23.8. The van der Waals surface area contributed by atoms with Gasteiger partial charge >= 0.3 is 0 Å². The molecule has 5 nitrogen and oxygen atoms in total. The van der Waals surface area contributed by atoms with Crippen LogP contribution in [-0.4, -0.2) is 17.9 Å². The summed E-state index contributed by atoms with van der Waals surface area (Å²) in [6.07, 6.45) is 0.158. The van der Waals surface area contributed by atoms with Crippen molar-refractivity contribution in [2.45, 2.75) is 45.4 Å². The molecule has 0 fully saturated rings. The van der Waals surface area contributed by atoms with Gasteiger partial charge in [-0.3, -0.25) is 9.59 Å². The Morgan fingerprint density at radius 3 is 2.21 bits per heavy atom. The molecular weight excluding hydrogens is 436 g/mol. The maximum Gasteiger partial charge on any atom is 0.253 e. The highest BCUT2D eigenvalue weighted by molar-refractivity contribution is 6.33. The standard InChI is InChI=1S/C27H29ClN2O3/c1-18(2)33-22-13-9-12-21(16-22)19(3)29-26(31)17-25(20-10-5-4-6-11-20)30-27(32)23-14-7-8-15-24(23)28/h4-16,18-19,25H,17H2,1-3H3,(H,29,31)(H,30,32). The molecule has 172 valence electrons. The maximum atomic E-state index is 12.9. The summed E-state index contributed by atoms with van der Waals surface area (Å²) in [6.45, 7) is 5.86. The normalized spacial score (nSPS) is 12.6. The predicted molar refractivity (Wildman–Crippen MR) is 131 cm³/mol. The average molecular weight is 465 g/mol. The molecule has 0 heterocycles. The minimum atomic E-state index is -0.502. The van der Waals surface area contributed by atoms with Crippen LogP contribution in [0.3, 0.4) is 0 Å².